The molecule has 0 bridgehead atoms. The fraction of sp³-hybridized carbons (Fsp3) is 0.417. The second kappa shape index (κ2) is 4.94. The van der Waals surface area contributed by atoms with Crippen molar-refractivity contribution in [3.8, 4) is 0 Å². The standard InChI is InChI=1S/C12H17NO2/c1-8-4-5-9(2)11(6-8)12(15)13-7-10(3)14/h4-6,10,14H,7H2,1-3H3,(H,13,15)/t10-/m1/s1. The number of aliphatic hydroxyl groups is 1. The van der Waals surface area contributed by atoms with Crippen molar-refractivity contribution in [3.63, 3.8) is 0 Å². The van der Waals surface area contributed by atoms with E-state index in [1.807, 2.05) is 32.0 Å². The number of carbonyl (C=O) groups excluding carboxylic acids is 1. The van der Waals surface area contributed by atoms with E-state index in [4.69, 9.17) is 5.11 Å². The minimum atomic E-state index is -0.515. The predicted molar refractivity (Wildman–Crippen MR) is 59.9 cm³/mol. The summed E-state index contributed by atoms with van der Waals surface area (Å²) in [7, 11) is 0. The second-order valence-corrected chi connectivity index (χ2v) is 3.88. The van der Waals surface area contributed by atoms with E-state index in [1.54, 1.807) is 6.92 Å². The zero-order valence-electron chi connectivity index (χ0n) is 9.37. The highest BCUT2D eigenvalue weighted by molar-refractivity contribution is 5.95. The largest absolute Gasteiger partial charge is 0.392 e. The van der Waals surface area contributed by atoms with E-state index < -0.39 is 6.10 Å². The lowest BCUT2D eigenvalue weighted by atomic mass is 10.1. The molecule has 0 unspecified atom stereocenters. The highest BCUT2D eigenvalue weighted by Gasteiger charge is 2.09. The molecule has 0 radical (unpaired) electrons. The van der Waals surface area contributed by atoms with Crippen LogP contribution in [0.15, 0.2) is 18.2 Å². The molecular weight excluding hydrogens is 190 g/mol. The molecule has 1 atom stereocenters. The van der Waals surface area contributed by atoms with Crippen LogP contribution < -0.4 is 5.32 Å². The van der Waals surface area contributed by atoms with Gasteiger partial charge in [0.1, 0.15) is 0 Å². The fourth-order valence-corrected chi connectivity index (χ4v) is 1.32. The van der Waals surface area contributed by atoms with Gasteiger partial charge in [0.15, 0.2) is 0 Å². The van der Waals surface area contributed by atoms with Crippen LogP contribution in [-0.2, 0) is 0 Å². The summed E-state index contributed by atoms with van der Waals surface area (Å²) in [6, 6.07) is 5.75. The van der Waals surface area contributed by atoms with Crippen molar-refractivity contribution in [1.29, 1.82) is 0 Å². The van der Waals surface area contributed by atoms with Gasteiger partial charge >= 0.3 is 0 Å². The van der Waals surface area contributed by atoms with Crippen molar-refractivity contribution < 1.29 is 9.90 Å². The Hall–Kier alpha value is -1.35. The molecule has 0 saturated heterocycles. The summed E-state index contributed by atoms with van der Waals surface area (Å²) in [4.78, 5) is 11.7. The van der Waals surface area contributed by atoms with Gasteiger partial charge in [-0.15, -0.1) is 0 Å². The van der Waals surface area contributed by atoms with E-state index in [0.29, 0.717) is 5.56 Å². The van der Waals surface area contributed by atoms with Crippen LogP contribution in [0.4, 0.5) is 0 Å². The first kappa shape index (κ1) is 11.7. The van der Waals surface area contributed by atoms with Gasteiger partial charge in [0.25, 0.3) is 5.91 Å². The summed E-state index contributed by atoms with van der Waals surface area (Å²) in [6.45, 7) is 5.78. The molecule has 15 heavy (non-hydrogen) atoms. The van der Waals surface area contributed by atoms with Crippen molar-refractivity contribution in [3.05, 3.63) is 34.9 Å². The molecule has 0 spiro atoms. The van der Waals surface area contributed by atoms with Gasteiger partial charge in [-0.2, -0.15) is 0 Å². The SMILES string of the molecule is Cc1ccc(C)c(C(=O)NC[C@@H](C)O)c1. The third kappa shape index (κ3) is 3.36. The molecular formula is C12H17NO2. The minimum absolute atomic E-state index is 0.128. The first-order valence-electron chi connectivity index (χ1n) is 5.04. The number of aliphatic hydroxyl groups excluding tert-OH is 1. The van der Waals surface area contributed by atoms with E-state index >= 15 is 0 Å². The molecule has 0 aromatic heterocycles. The molecule has 1 amide bonds. The number of aryl methyl sites for hydroxylation is 2. The fourth-order valence-electron chi connectivity index (χ4n) is 1.32. The average molecular weight is 207 g/mol. The van der Waals surface area contributed by atoms with E-state index in [2.05, 4.69) is 5.32 Å². The Morgan fingerprint density at radius 2 is 2.13 bits per heavy atom. The lowest BCUT2D eigenvalue weighted by molar-refractivity contribution is 0.0923. The average Bonchev–Trinajstić information content (AvgIpc) is 2.18. The van der Waals surface area contributed by atoms with Gasteiger partial charge in [-0.3, -0.25) is 4.79 Å². The molecule has 0 aliphatic rings. The van der Waals surface area contributed by atoms with Crippen molar-refractivity contribution in [1.82, 2.24) is 5.32 Å². The lowest BCUT2D eigenvalue weighted by Gasteiger charge is -2.09. The number of hydrogen-bond donors (Lipinski definition) is 2. The number of nitrogens with one attached hydrogen (secondary N) is 1. The summed E-state index contributed by atoms with van der Waals surface area (Å²) in [5.74, 6) is -0.128. The second-order valence-electron chi connectivity index (χ2n) is 3.88. The first-order chi connectivity index (χ1) is 7.00. The Labute approximate surface area is 90.1 Å². The quantitative estimate of drug-likeness (QED) is 0.787. The van der Waals surface area contributed by atoms with Gasteiger partial charge in [0, 0.05) is 12.1 Å². The van der Waals surface area contributed by atoms with Crippen molar-refractivity contribution in [2.75, 3.05) is 6.54 Å². The van der Waals surface area contributed by atoms with Crippen molar-refractivity contribution in [2.24, 2.45) is 0 Å². The molecule has 0 fully saturated rings. The van der Waals surface area contributed by atoms with Crippen LogP contribution in [0.25, 0.3) is 0 Å². The van der Waals surface area contributed by atoms with Crippen LogP contribution in [0.5, 0.6) is 0 Å². The van der Waals surface area contributed by atoms with Crippen molar-refractivity contribution in [2.45, 2.75) is 26.9 Å². The van der Waals surface area contributed by atoms with Crippen molar-refractivity contribution >= 4 is 5.91 Å². The number of carbonyl (C=O) groups is 1. The van der Waals surface area contributed by atoms with Gasteiger partial charge in [0.05, 0.1) is 6.10 Å². The molecule has 0 heterocycles. The Kier molecular flexibility index (Phi) is 3.86. The number of benzene rings is 1. The zero-order chi connectivity index (χ0) is 11.4. The maximum Gasteiger partial charge on any atom is 0.251 e. The highest BCUT2D eigenvalue weighted by atomic mass is 16.3. The van der Waals surface area contributed by atoms with Crippen LogP contribution >= 0.6 is 0 Å². The van der Waals surface area contributed by atoms with Crippen LogP contribution in [0.1, 0.15) is 28.4 Å². The zero-order valence-corrected chi connectivity index (χ0v) is 9.37. The summed E-state index contributed by atoms with van der Waals surface area (Å²) < 4.78 is 0. The van der Waals surface area contributed by atoms with Crippen LogP contribution in [0, 0.1) is 13.8 Å². The maximum absolute atomic E-state index is 11.7. The van der Waals surface area contributed by atoms with Crippen LogP contribution in [0.2, 0.25) is 0 Å². The molecule has 1 aromatic carbocycles. The molecule has 3 heteroatoms. The monoisotopic (exact) mass is 207 g/mol. The van der Waals surface area contributed by atoms with Gasteiger partial charge < -0.3 is 10.4 Å². The summed E-state index contributed by atoms with van der Waals surface area (Å²) in [5.41, 5.74) is 2.68. The third-order valence-electron chi connectivity index (χ3n) is 2.20. The highest BCUT2D eigenvalue weighted by Crippen LogP contribution is 2.10. The van der Waals surface area contributed by atoms with Crippen LogP contribution in [-0.4, -0.2) is 23.7 Å². The lowest BCUT2D eigenvalue weighted by Crippen LogP contribution is -2.31. The summed E-state index contributed by atoms with van der Waals surface area (Å²) in [5, 5.41) is 11.7. The molecule has 1 aromatic rings. The normalized spacial score (nSPS) is 12.3. The van der Waals surface area contributed by atoms with E-state index in [-0.39, 0.29) is 12.5 Å². The number of rotatable bonds is 3. The molecule has 0 saturated carbocycles. The maximum atomic E-state index is 11.7. The van der Waals surface area contributed by atoms with E-state index in [0.717, 1.165) is 11.1 Å². The smallest absolute Gasteiger partial charge is 0.251 e. The molecule has 3 nitrogen and oxygen atoms in total. The van der Waals surface area contributed by atoms with E-state index in [9.17, 15) is 4.79 Å². The first-order valence-corrected chi connectivity index (χ1v) is 5.04. The van der Waals surface area contributed by atoms with Crippen LogP contribution in [0.3, 0.4) is 0 Å². The Bertz CT molecular complexity index is 359. The summed E-state index contributed by atoms with van der Waals surface area (Å²) >= 11 is 0. The Balaban J connectivity index is 2.77. The van der Waals surface area contributed by atoms with E-state index in [1.165, 1.54) is 0 Å². The molecule has 0 aliphatic heterocycles. The topological polar surface area (TPSA) is 49.3 Å². The molecule has 1 rings (SSSR count). The van der Waals surface area contributed by atoms with Gasteiger partial charge in [-0.25, -0.2) is 0 Å². The Morgan fingerprint density at radius 1 is 1.47 bits per heavy atom. The third-order valence-corrected chi connectivity index (χ3v) is 2.20. The minimum Gasteiger partial charge on any atom is -0.392 e. The Morgan fingerprint density at radius 3 is 2.73 bits per heavy atom. The molecule has 0 aliphatic carbocycles. The molecule has 82 valence electrons. The number of hydrogen-bond acceptors (Lipinski definition) is 2. The van der Waals surface area contributed by atoms with Gasteiger partial charge in [-0.05, 0) is 32.4 Å². The predicted octanol–water partition coefficient (Wildman–Crippen LogP) is 1.41. The van der Waals surface area contributed by atoms with Gasteiger partial charge in [-0.1, -0.05) is 17.7 Å². The summed E-state index contributed by atoms with van der Waals surface area (Å²) in [6.07, 6.45) is -0.515. The number of amides is 1. The molecule has 2 N–H and O–H groups in total. The van der Waals surface area contributed by atoms with Gasteiger partial charge in [0.2, 0.25) is 0 Å².